The number of rotatable bonds is 6. The van der Waals surface area contributed by atoms with Crippen LogP contribution < -0.4 is 16.7 Å². The SMILES string of the molecule is Cc1cc(C)n(CC(=O)N[C@@H]2CN(CC(N)=O)C[C@H]2C2CC2)c(=O)n1. The van der Waals surface area contributed by atoms with Gasteiger partial charge in [0.05, 0.1) is 6.54 Å². The molecule has 25 heavy (non-hydrogen) atoms. The predicted octanol–water partition coefficient (Wildman–Crippen LogP) is -0.828. The van der Waals surface area contributed by atoms with Crippen molar-refractivity contribution in [1.82, 2.24) is 19.8 Å². The second-order valence-corrected chi connectivity index (χ2v) is 7.24. The zero-order valence-corrected chi connectivity index (χ0v) is 14.7. The molecule has 0 bridgehead atoms. The van der Waals surface area contributed by atoms with Crippen LogP contribution in [0.25, 0.3) is 0 Å². The molecule has 1 saturated heterocycles. The summed E-state index contributed by atoms with van der Waals surface area (Å²) < 4.78 is 1.38. The highest BCUT2D eigenvalue weighted by molar-refractivity contribution is 5.77. The van der Waals surface area contributed by atoms with Crippen molar-refractivity contribution in [2.75, 3.05) is 19.6 Å². The van der Waals surface area contributed by atoms with Crippen LogP contribution in [0.1, 0.15) is 24.2 Å². The first-order valence-electron chi connectivity index (χ1n) is 8.68. The van der Waals surface area contributed by atoms with Crippen LogP contribution in [0.4, 0.5) is 0 Å². The summed E-state index contributed by atoms with van der Waals surface area (Å²) in [6.45, 7) is 5.13. The van der Waals surface area contributed by atoms with Crippen molar-refractivity contribution in [3.05, 3.63) is 27.9 Å². The molecular formula is C17H25N5O3. The molecule has 8 heteroatoms. The van der Waals surface area contributed by atoms with Crippen molar-refractivity contribution in [3.63, 3.8) is 0 Å². The number of primary amides is 1. The van der Waals surface area contributed by atoms with Gasteiger partial charge in [0.2, 0.25) is 11.8 Å². The average molecular weight is 347 g/mol. The molecule has 136 valence electrons. The van der Waals surface area contributed by atoms with Gasteiger partial charge in [0.1, 0.15) is 6.54 Å². The molecule has 1 aromatic heterocycles. The van der Waals surface area contributed by atoms with Crippen LogP contribution in [0, 0.1) is 25.7 Å². The van der Waals surface area contributed by atoms with E-state index in [2.05, 4.69) is 10.3 Å². The summed E-state index contributed by atoms with van der Waals surface area (Å²) in [5.74, 6) is 0.396. The van der Waals surface area contributed by atoms with Crippen LogP contribution in [0.15, 0.2) is 10.9 Å². The van der Waals surface area contributed by atoms with Gasteiger partial charge >= 0.3 is 5.69 Å². The molecule has 1 aliphatic carbocycles. The van der Waals surface area contributed by atoms with Crippen molar-refractivity contribution in [1.29, 1.82) is 0 Å². The minimum Gasteiger partial charge on any atom is -0.369 e. The molecule has 2 fully saturated rings. The molecule has 3 N–H and O–H groups in total. The number of likely N-dealkylation sites (tertiary alicyclic amines) is 1. The third-order valence-electron chi connectivity index (χ3n) is 5.04. The van der Waals surface area contributed by atoms with Crippen molar-refractivity contribution in [3.8, 4) is 0 Å². The van der Waals surface area contributed by atoms with E-state index < -0.39 is 5.69 Å². The molecule has 0 radical (unpaired) electrons. The summed E-state index contributed by atoms with van der Waals surface area (Å²) in [5, 5.41) is 3.05. The predicted molar refractivity (Wildman–Crippen MR) is 91.8 cm³/mol. The third kappa shape index (κ3) is 4.25. The topological polar surface area (TPSA) is 110 Å². The summed E-state index contributed by atoms with van der Waals surface area (Å²) >= 11 is 0. The zero-order chi connectivity index (χ0) is 18.1. The Labute approximate surface area is 146 Å². The highest BCUT2D eigenvalue weighted by atomic mass is 16.2. The molecule has 0 unspecified atom stereocenters. The van der Waals surface area contributed by atoms with E-state index in [-0.39, 0.29) is 30.9 Å². The number of amides is 2. The van der Waals surface area contributed by atoms with Crippen LogP contribution in [0.2, 0.25) is 0 Å². The molecule has 2 aliphatic rings. The van der Waals surface area contributed by atoms with Crippen molar-refractivity contribution >= 4 is 11.8 Å². The molecule has 2 heterocycles. The molecule has 1 saturated carbocycles. The summed E-state index contributed by atoms with van der Waals surface area (Å²) in [5.41, 5.74) is 6.24. The first-order valence-corrected chi connectivity index (χ1v) is 8.68. The van der Waals surface area contributed by atoms with Gasteiger partial charge in [0.15, 0.2) is 0 Å². The Morgan fingerprint density at radius 2 is 2.00 bits per heavy atom. The van der Waals surface area contributed by atoms with Crippen molar-refractivity contribution < 1.29 is 9.59 Å². The fourth-order valence-corrected chi connectivity index (χ4v) is 3.78. The van der Waals surface area contributed by atoms with Gasteiger partial charge in [-0.05, 0) is 44.6 Å². The van der Waals surface area contributed by atoms with Gasteiger partial charge in [-0.1, -0.05) is 0 Å². The van der Waals surface area contributed by atoms with Gasteiger partial charge < -0.3 is 11.1 Å². The highest BCUT2D eigenvalue weighted by Gasteiger charge is 2.43. The maximum Gasteiger partial charge on any atom is 0.348 e. The Hall–Kier alpha value is -2.22. The second-order valence-electron chi connectivity index (χ2n) is 7.24. The standard InChI is InChI=1S/C17H25N5O3/c1-10-5-11(2)22(17(25)19-10)9-16(24)20-14-7-21(8-15(18)23)6-13(14)12-3-4-12/h5,12-14H,3-4,6-9H2,1-2H3,(H2,18,23)(H,20,24)/t13-,14+/m0/s1. The number of carbonyl (C=O) groups excluding carboxylic acids is 2. The second kappa shape index (κ2) is 6.95. The van der Waals surface area contributed by atoms with Crippen molar-refractivity contribution in [2.24, 2.45) is 17.6 Å². The van der Waals surface area contributed by atoms with Crippen LogP contribution in [-0.2, 0) is 16.1 Å². The van der Waals surface area contributed by atoms with Crippen LogP contribution in [-0.4, -0.2) is 51.9 Å². The van der Waals surface area contributed by atoms with E-state index in [0.29, 0.717) is 29.8 Å². The summed E-state index contributed by atoms with van der Waals surface area (Å²) in [6, 6.07) is 1.78. The van der Waals surface area contributed by atoms with E-state index in [4.69, 9.17) is 5.73 Å². The smallest absolute Gasteiger partial charge is 0.348 e. The van der Waals surface area contributed by atoms with Crippen molar-refractivity contribution in [2.45, 2.75) is 39.3 Å². The Morgan fingerprint density at radius 1 is 1.28 bits per heavy atom. The minimum atomic E-state index is -0.409. The molecular weight excluding hydrogens is 322 g/mol. The minimum absolute atomic E-state index is 0.00577. The maximum atomic E-state index is 12.5. The first kappa shape index (κ1) is 17.6. The van der Waals surface area contributed by atoms with Gasteiger partial charge in [-0.2, -0.15) is 4.98 Å². The van der Waals surface area contributed by atoms with E-state index >= 15 is 0 Å². The number of hydrogen-bond acceptors (Lipinski definition) is 5. The third-order valence-corrected chi connectivity index (χ3v) is 5.04. The number of aryl methyl sites for hydroxylation is 2. The molecule has 2 amide bonds. The Morgan fingerprint density at radius 3 is 2.60 bits per heavy atom. The maximum absolute atomic E-state index is 12.5. The monoisotopic (exact) mass is 347 g/mol. The fourth-order valence-electron chi connectivity index (χ4n) is 3.78. The lowest BCUT2D eigenvalue weighted by molar-refractivity contribution is -0.122. The quantitative estimate of drug-likeness (QED) is 0.698. The van der Waals surface area contributed by atoms with E-state index in [9.17, 15) is 14.4 Å². The molecule has 1 aromatic rings. The Kier molecular flexibility index (Phi) is 4.89. The van der Waals surface area contributed by atoms with E-state index in [1.807, 2.05) is 4.90 Å². The van der Waals surface area contributed by atoms with Crippen LogP contribution in [0.5, 0.6) is 0 Å². The zero-order valence-electron chi connectivity index (χ0n) is 14.7. The lowest BCUT2D eigenvalue weighted by Crippen LogP contribution is -2.44. The fraction of sp³-hybridized carbons (Fsp3) is 0.647. The average Bonchev–Trinajstić information content (AvgIpc) is 3.26. The number of nitrogens with zero attached hydrogens (tertiary/aromatic N) is 3. The summed E-state index contributed by atoms with van der Waals surface area (Å²) in [7, 11) is 0. The molecule has 8 nitrogen and oxygen atoms in total. The van der Waals surface area contributed by atoms with Gasteiger partial charge in [-0.3, -0.25) is 19.1 Å². The summed E-state index contributed by atoms with van der Waals surface area (Å²) in [4.78, 5) is 41.5. The van der Waals surface area contributed by atoms with E-state index in [1.54, 1.807) is 19.9 Å². The van der Waals surface area contributed by atoms with E-state index in [0.717, 1.165) is 6.54 Å². The molecule has 3 rings (SSSR count). The number of nitrogens with one attached hydrogen (secondary N) is 1. The number of carbonyl (C=O) groups is 2. The first-order chi connectivity index (χ1) is 11.8. The lowest BCUT2D eigenvalue weighted by Gasteiger charge is -2.20. The molecule has 0 spiro atoms. The van der Waals surface area contributed by atoms with Gasteiger partial charge in [0, 0.05) is 30.5 Å². The van der Waals surface area contributed by atoms with Crippen LogP contribution in [0.3, 0.4) is 0 Å². The number of nitrogens with two attached hydrogens (primary N) is 1. The van der Waals surface area contributed by atoms with Gasteiger partial charge in [-0.25, -0.2) is 4.79 Å². The number of hydrogen-bond donors (Lipinski definition) is 2. The van der Waals surface area contributed by atoms with Gasteiger partial charge in [0.25, 0.3) is 0 Å². The molecule has 1 aliphatic heterocycles. The lowest BCUT2D eigenvalue weighted by atomic mass is 9.98. The Balaban J connectivity index is 1.65. The van der Waals surface area contributed by atoms with Gasteiger partial charge in [-0.15, -0.1) is 0 Å². The highest BCUT2D eigenvalue weighted by Crippen LogP contribution is 2.41. The normalized spacial score (nSPS) is 23.6. The molecule has 2 atom stereocenters. The largest absolute Gasteiger partial charge is 0.369 e. The number of aromatic nitrogens is 2. The van der Waals surface area contributed by atoms with Crippen LogP contribution >= 0.6 is 0 Å². The Bertz CT molecular complexity index is 740. The molecule has 0 aromatic carbocycles. The van der Waals surface area contributed by atoms with E-state index in [1.165, 1.54) is 17.4 Å². The summed E-state index contributed by atoms with van der Waals surface area (Å²) in [6.07, 6.45) is 2.34.